The van der Waals surface area contributed by atoms with Gasteiger partial charge < -0.3 is 10.4 Å². The fourth-order valence-electron chi connectivity index (χ4n) is 3.22. The maximum Gasteiger partial charge on any atom is 0.331 e. The van der Waals surface area contributed by atoms with Gasteiger partial charge in [-0.15, -0.1) is 11.3 Å². The minimum absolute atomic E-state index is 0.247. The van der Waals surface area contributed by atoms with Crippen LogP contribution in [0.4, 0.5) is 0 Å². The van der Waals surface area contributed by atoms with Crippen LogP contribution in [-0.4, -0.2) is 21.6 Å². The summed E-state index contributed by atoms with van der Waals surface area (Å²) in [7, 11) is 0. The number of aromatic nitrogens is 1. The number of carbonyl (C=O) groups is 2. The minimum atomic E-state index is -1.14. The zero-order valence-electron chi connectivity index (χ0n) is 16.0. The zero-order valence-corrected chi connectivity index (χ0v) is 16.8. The van der Waals surface area contributed by atoms with E-state index in [1.807, 2.05) is 6.07 Å². The van der Waals surface area contributed by atoms with Crippen molar-refractivity contribution in [1.29, 1.82) is 5.26 Å². The molecular weight excluding hydrogens is 414 g/mol. The van der Waals surface area contributed by atoms with Crippen molar-refractivity contribution in [3.05, 3.63) is 98.6 Å². The Bertz CT molecular complexity index is 1380. The summed E-state index contributed by atoms with van der Waals surface area (Å²) in [5, 5.41) is 23.8. The molecule has 4 rings (SSSR count). The van der Waals surface area contributed by atoms with Crippen LogP contribution in [0.5, 0.6) is 0 Å². The number of fused-ring (bicyclic) bond motifs is 1. The number of hydrogen-bond acceptors (Lipinski definition) is 5. The number of nitrogens with zero attached hydrogens (tertiary/aromatic N) is 2. The highest BCUT2D eigenvalue weighted by molar-refractivity contribution is 7.10. The topological polar surface area (TPSA) is 112 Å². The van der Waals surface area contributed by atoms with Gasteiger partial charge in [-0.25, -0.2) is 4.79 Å². The van der Waals surface area contributed by atoms with Gasteiger partial charge >= 0.3 is 5.97 Å². The maximum atomic E-state index is 12.8. The molecular formula is C23H15N3O4S. The Morgan fingerprint density at radius 3 is 2.52 bits per heavy atom. The first kappa shape index (κ1) is 20.1. The average Bonchev–Trinajstić information content (AvgIpc) is 3.31. The van der Waals surface area contributed by atoms with Crippen molar-refractivity contribution >= 4 is 34.0 Å². The predicted molar refractivity (Wildman–Crippen MR) is 116 cm³/mol. The molecule has 8 heteroatoms. The summed E-state index contributed by atoms with van der Waals surface area (Å²) in [5.74, 6) is -1.67. The van der Waals surface area contributed by atoms with Crippen LogP contribution in [0, 0.1) is 11.3 Å². The monoisotopic (exact) mass is 429 g/mol. The van der Waals surface area contributed by atoms with Crippen LogP contribution >= 0.6 is 11.3 Å². The minimum Gasteiger partial charge on any atom is -0.479 e. The lowest BCUT2D eigenvalue weighted by molar-refractivity contribution is -0.139. The lowest BCUT2D eigenvalue weighted by atomic mass is 10.1. The largest absolute Gasteiger partial charge is 0.479 e. The molecule has 152 valence electrons. The second-order valence-corrected chi connectivity index (χ2v) is 7.69. The molecule has 0 saturated heterocycles. The third-order valence-electron chi connectivity index (χ3n) is 4.79. The smallest absolute Gasteiger partial charge is 0.331 e. The van der Waals surface area contributed by atoms with Crippen molar-refractivity contribution in [2.75, 3.05) is 0 Å². The van der Waals surface area contributed by atoms with E-state index in [9.17, 15) is 19.5 Å². The van der Waals surface area contributed by atoms with Crippen molar-refractivity contribution in [1.82, 2.24) is 9.88 Å². The standard InChI is InChI=1S/C23H15N3O4S/c24-13-14-3-8-18-16(12-14)9-10-26(22(18)28)17-6-4-15(5-7-17)21(27)25-20(23(29)30)19-2-1-11-31-19/h1-12,20H,(H,25,27)(H,29,30). The van der Waals surface area contributed by atoms with Crippen LogP contribution in [-0.2, 0) is 4.79 Å². The van der Waals surface area contributed by atoms with Crippen LogP contribution < -0.4 is 10.9 Å². The van der Waals surface area contributed by atoms with Crippen molar-refractivity contribution in [2.24, 2.45) is 0 Å². The molecule has 31 heavy (non-hydrogen) atoms. The summed E-state index contributed by atoms with van der Waals surface area (Å²) in [6, 6.07) is 17.2. The first-order chi connectivity index (χ1) is 15.0. The summed E-state index contributed by atoms with van der Waals surface area (Å²) in [5.41, 5.74) is 1.06. The Balaban J connectivity index is 1.60. The molecule has 2 aromatic carbocycles. The Morgan fingerprint density at radius 1 is 1.10 bits per heavy atom. The van der Waals surface area contributed by atoms with Gasteiger partial charge in [0, 0.05) is 27.7 Å². The molecule has 0 radical (unpaired) electrons. The molecule has 7 nitrogen and oxygen atoms in total. The van der Waals surface area contributed by atoms with Gasteiger partial charge in [0.2, 0.25) is 0 Å². The van der Waals surface area contributed by atoms with Gasteiger partial charge in [0.1, 0.15) is 0 Å². The van der Waals surface area contributed by atoms with E-state index in [1.54, 1.807) is 60.1 Å². The van der Waals surface area contributed by atoms with Crippen LogP contribution in [0.2, 0.25) is 0 Å². The summed E-state index contributed by atoms with van der Waals surface area (Å²) < 4.78 is 1.45. The Kier molecular flexibility index (Phi) is 5.35. The third kappa shape index (κ3) is 3.95. The van der Waals surface area contributed by atoms with Crippen molar-refractivity contribution in [3.8, 4) is 11.8 Å². The summed E-state index contributed by atoms with van der Waals surface area (Å²) in [6.07, 6.45) is 1.61. The van der Waals surface area contributed by atoms with Gasteiger partial charge in [-0.1, -0.05) is 6.07 Å². The van der Waals surface area contributed by atoms with E-state index in [4.69, 9.17) is 5.26 Å². The number of rotatable bonds is 5. The molecule has 0 saturated carbocycles. The van der Waals surface area contributed by atoms with E-state index in [-0.39, 0.29) is 11.1 Å². The van der Waals surface area contributed by atoms with Gasteiger partial charge in [0.25, 0.3) is 11.5 Å². The molecule has 0 aliphatic carbocycles. The summed E-state index contributed by atoms with van der Waals surface area (Å²) in [6.45, 7) is 0. The van der Waals surface area contributed by atoms with Gasteiger partial charge in [-0.3, -0.25) is 14.2 Å². The quantitative estimate of drug-likeness (QED) is 0.504. The molecule has 2 aromatic heterocycles. The number of pyridine rings is 1. The Hall–Kier alpha value is -4.22. The van der Waals surface area contributed by atoms with Crippen LogP contribution in [0.3, 0.4) is 0 Å². The highest BCUT2D eigenvalue weighted by atomic mass is 32.1. The van der Waals surface area contributed by atoms with E-state index >= 15 is 0 Å². The second-order valence-electron chi connectivity index (χ2n) is 6.71. The maximum absolute atomic E-state index is 12.8. The number of aliphatic carboxylic acids is 1. The number of carboxylic acids is 1. The van der Waals surface area contributed by atoms with Gasteiger partial charge in [-0.05, 0) is 65.4 Å². The number of amides is 1. The first-order valence-electron chi connectivity index (χ1n) is 9.21. The van der Waals surface area contributed by atoms with E-state index < -0.39 is 17.9 Å². The molecule has 1 atom stereocenters. The lowest BCUT2D eigenvalue weighted by Gasteiger charge is -2.13. The molecule has 0 fully saturated rings. The highest BCUT2D eigenvalue weighted by Gasteiger charge is 2.23. The fraction of sp³-hybridized carbons (Fsp3) is 0.0435. The summed E-state index contributed by atoms with van der Waals surface area (Å²) >= 11 is 1.25. The molecule has 1 unspecified atom stereocenters. The fourth-order valence-corrected chi connectivity index (χ4v) is 3.99. The molecule has 0 aliphatic rings. The molecule has 0 aliphatic heterocycles. The van der Waals surface area contributed by atoms with Crippen LogP contribution in [0.1, 0.15) is 26.8 Å². The number of nitrogens with one attached hydrogen (secondary N) is 1. The highest BCUT2D eigenvalue weighted by Crippen LogP contribution is 2.20. The molecule has 0 spiro atoms. The SMILES string of the molecule is N#Cc1ccc2c(=O)n(-c3ccc(C(=O)NC(C(=O)O)c4cccs4)cc3)ccc2c1. The van der Waals surface area contributed by atoms with Crippen LogP contribution in [0.15, 0.2) is 77.0 Å². The number of nitriles is 1. The van der Waals surface area contributed by atoms with Crippen molar-refractivity contribution in [3.63, 3.8) is 0 Å². The zero-order chi connectivity index (χ0) is 22.0. The first-order valence-corrected chi connectivity index (χ1v) is 10.1. The number of carboxylic acid groups (broad SMARTS) is 1. The average molecular weight is 429 g/mol. The Labute approximate surface area is 180 Å². The molecule has 2 N–H and O–H groups in total. The van der Waals surface area contributed by atoms with Gasteiger partial charge in [0.05, 0.1) is 11.6 Å². The molecule has 4 aromatic rings. The number of thiophene rings is 1. The number of hydrogen-bond donors (Lipinski definition) is 2. The van der Waals surface area contributed by atoms with Crippen molar-refractivity contribution < 1.29 is 14.7 Å². The molecule has 1 amide bonds. The van der Waals surface area contributed by atoms with E-state index in [0.29, 0.717) is 26.9 Å². The second kappa shape index (κ2) is 8.26. The Morgan fingerprint density at radius 2 is 1.87 bits per heavy atom. The predicted octanol–water partition coefficient (Wildman–Crippen LogP) is 3.48. The van der Waals surface area contributed by atoms with Crippen LogP contribution in [0.25, 0.3) is 16.5 Å². The van der Waals surface area contributed by atoms with Gasteiger partial charge in [0.15, 0.2) is 6.04 Å². The number of carbonyl (C=O) groups excluding carboxylic acids is 1. The van der Waals surface area contributed by atoms with Crippen molar-refractivity contribution in [2.45, 2.75) is 6.04 Å². The lowest BCUT2D eigenvalue weighted by Crippen LogP contribution is -2.33. The molecule has 2 heterocycles. The van der Waals surface area contributed by atoms with E-state index in [2.05, 4.69) is 5.32 Å². The normalized spacial score (nSPS) is 11.6. The summed E-state index contributed by atoms with van der Waals surface area (Å²) in [4.78, 5) is 37.4. The van der Waals surface area contributed by atoms with E-state index in [0.717, 1.165) is 0 Å². The van der Waals surface area contributed by atoms with Gasteiger partial charge in [-0.2, -0.15) is 5.26 Å². The van der Waals surface area contributed by atoms with E-state index in [1.165, 1.54) is 28.0 Å². The number of benzene rings is 2. The third-order valence-corrected chi connectivity index (χ3v) is 5.73. The molecule has 0 bridgehead atoms.